The number of hydrogen-bond acceptors (Lipinski definition) is 4. The van der Waals surface area contributed by atoms with Crippen molar-refractivity contribution in [3.8, 4) is 11.1 Å². The smallest absolute Gasteiger partial charge is 0.110 e. The van der Waals surface area contributed by atoms with E-state index in [1.807, 2.05) is 30.4 Å². The number of fused-ring (bicyclic) bond motifs is 9. The summed E-state index contributed by atoms with van der Waals surface area (Å²) in [7, 11) is 0. The molecule has 0 bridgehead atoms. The summed E-state index contributed by atoms with van der Waals surface area (Å²) in [6.07, 6.45) is 19.6. The number of rotatable bonds is 5. The summed E-state index contributed by atoms with van der Waals surface area (Å²) in [6.45, 7) is 5.25. The van der Waals surface area contributed by atoms with Crippen molar-refractivity contribution in [3.05, 3.63) is 179 Å². The van der Waals surface area contributed by atoms with Crippen LogP contribution in [-0.4, -0.2) is 16.3 Å². The number of thioether (sulfide) groups is 2. The first kappa shape index (κ1) is 32.9. The van der Waals surface area contributed by atoms with Gasteiger partial charge in [-0.15, -0.1) is 18.3 Å². The predicted octanol–water partition coefficient (Wildman–Crippen LogP) is 12.9. The van der Waals surface area contributed by atoms with Crippen molar-refractivity contribution in [2.75, 3.05) is 4.90 Å². The third kappa shape index (κ3) is 5.81. The molecule has 0 saturated heterocycles. The summed E-state index contributed by atoms with van der Waals surface area (Å²) >= 11 is 6.00. The summed E-state index contributed by atoms with van der Waals surface area (Å²) in [6, 6.07) is 33.5. The molecule has 0 fully saturated rings. The van der Waals surface area contributed by atoms with E-state index in [9.17, 15) is 0 Å². The first-order valence-electron chi connectivity index (χ1n) is 17.5. The van der Waals surface area contributed by atoms with Crippen LogP contribution in [0.25, 0.3) is 27.7 Å². The van der Waals surface area contributed by atoms with Crippen LogP contribution in [-0.2, 0) is 9.49 Å². The number of H-pyrrole nitrogens is 1. The molecular formula is C45H37IN2OS2. The van der Waals surface area contributed by atoms with E-state index in [2.05, 4.69) is 173 Å². The average molecular weight is 813 g/mol. The minimum atomic E-state index is -0.0442. The number of anilines is 1. The van der Waals surface area contributed by atoms with E-state index in [-0.39, 0.29) is 6.10 Å². The molecule has 252 valence electrons. The van der Waals surface area contributed by atoms with Crippen LogP contribution >= 0.6 is 46.5 Å². The Morgan fingerprint density at radius 1 is 0.902 bits per heavy atom. The maximum Gasteiger partial charge on any atom is 0.110 e. The zero-order valence-corrected chi connectivity index (χ0v) is 32.1. The number of aromatic nitrogens is 1. The van der Waals surface area contributed by atoms with Crippen LogP contribution in [0.3, 0.4) is 0 Å². The van der Waals surface area contributed by atoms with Gasteiger partial charge in [0.15, 0.2) is 0 Å². The van der Waals surface area contributed by atoms with Crippen molar-refractivity contribution in [2.24, 2.45) is 0 Å². The largest absolute Gasteiger partial charge is 0.353 e. The minimum Gasteiger partial charge on any atom is -0.353 e. The van der Waals surface area contributed by atoms with Gasteiger partial charge in [0, 0.05) is 55.6 Å². The molecule has 6 heteroatoms. The van der Waals surface area contributed by atoms with Gasteiger partial charge >= 0.3 is 0 Å². The van der Waals surface area contributed by atoms with Crippen LogP contribution in [0.4, 0.5) is 5.69 Å². The maximum atomic E-state index is 6.12. The van der Waals surface area contributed by atoms with Crippen molar-refractivity contribution in [1.82, 2.24) is 4.98 Å². The second kappa shape index (κ2) is 13.9. The van der Waals surface area contributed by atoms with Gasteiger partial charge in [0.25, 0.3) is 0 Å². The van der Waals surface area contributed by atoms with Crippen LogP contribution in [0.1, 0.15) is 47.6 Å². The lowest BCUT2D eigenvalue weighted by atomic mass is 9.86. The lowest BCUT2D eigenvalue weighted by molar-refractivity contribution is 0.341. The lowest BCUT2D eigenvalue weighted by Crippen LogP contribution is -2.28. The van der Waals surface area contributed by atoms with Crippen molar-refractivity contribution in [1.29, 1.82) is 0 Å². The van der Waals surface area contributed by atoms with E-state index in [0.717, 1.165) is 29.7 Å². The van der Waals surface area contributed by atoms with Gasteiger partial charge in [-0.3, -0.25) is 0 Å². The van der Waals surface area contributed by atoms with Crippen molar-refractivity contribution in [3.63, 3.8) is 0 Å². The minimum absolute atomic E-state index is 0.0442. The average Bonchev–Trinajstić information content (AvgIpc) is 3.86. The quantitative estimate of drug-likeness (QED) is 0.141. The molecule has 3 heterocycles. The summed E-state index contributed by atoms with van der Waals surface area (Å²) in [5, 5.41) is 1.75. The summed E-state index contributed by atoms with van der Waals surface area (Å²) < 4.78 is 6.12. The van der Waals surface area contributed by atoms with Gasteiger partial charge in [-0.05, 0) is 101 Å². The fraction of sp³-hybridized carbons (Fsp3) is 0.156. The van der Waals surface area contributed by atoms with Crippen LogP contribution in [0.5, 0.6) is 0 Å². The zero-order valence-electron chi connectivity index (χ0n) is 28.3. The van der Waals surface area contributed by atoms with Gasteiger partial charge in [0.1, 0.15) is 23.0 Å². The standard InChI is InChI=1S/C42H31IN2OS2.C3H6/c43-46-28-23-34-32-21-25(29-13-8-16-40-41(29)31-12-5-7-15-38(31)48-40)17-19-35(32)44-42(34)36(24-28)45(26-9-2-1-3-10-26)27-18-20-39-33(22-27)30-11-4-6-14-37(30)47-39;1-3-2/h1-21,24,28,31,33,38,44H,22-23H2;3H,1H2,2H3. The fourth-order valence-electron chi connectivity index (χ4n) is 8.19. The number of nitrogens with zero attached hydrogens (tertiary/aromatic N) is 1. The second-order valence-electron chi connectivity index (χ2n) is 13.4. The topological polar surface area (TPSA) is 28.3 Å². The van der Waals surface area contributed by atoms with Gasteiger partial charge in [-0.25, -0.2) is 0 Å². The van der Waals surface area contributed by atoms with Gasteiger partial charge in [0.05, 0.1) is 17.5 Å². The molecule has 0 saturated carbocycles. The predicted molar refractivity (Wildman–Crippen MR) is 226 cm³/mol. The van der Waals surface area contributed by atoms with Gasteiger partial charge in [0.2, 0.25) is 0 Å². The number of halogens is 1. The van der Waals surface area contributed by atoms with E-state index in [1.165, 1.54) is 59.3 Å². The van der Waals surface area contributed by atoms with Crippen molar-refractivity contribution >= 4 is 68.8 Å². The van der Waals surface area contributed by atoms with Gasteiger partial charge in [-0.2, -0.15) is 0 Å². The normalized spacial score (nSPS) is 22.0. The number of aromatic amines is 1. The third-order valence-corrected chi connectivity index (χ3v) is 13.6. The van der Waals surface area contributed by atoms with Crippen LogP contribution < -0.4 is 4.90 Å². The number of allylic oxidation sites excluding steroid dienone is 8. The lowest BCUT2D eigenvalue weighted by Gasteiger charge is -2.35. The van der Waals surface area contributed by atoms with Crippen molar-refractivity contribution < 1.29 is 3.07 Å². The second-order valence-corrected chi connectivity index (χ2v) is 16.3. The Morgan fingerprint density at radius 3 is 2.57 bits per heavy atom. The van der Waals surface area contributed by atoms with Gasteiger partial charge < -0.3 is 13.0 Å². The molecule has 0 amide bonds. The zero-order chi connectivity index (χ0) is 34.5. The van der Waals surface area contributed by atoms with E-state index in [1.54, 1.807) is 6.08 Å². The van der Waals surface area contributed by atoms with Crippen LogP contribution in [0, 0.1) is 0 Å². The Hall–Kier alpha value is -3.95. The first-order valence-corrected chi connectivity index (χ1v) is 20.1. The molecule has 4 unspecified atom stereocenters. The molecule has 1 aromatic heterocycles. The molecule has 51 heavy (non-hydrogen) atoms. The maximum absolute atomic E-state index is 6.12. The summed E-state index contributed by atoms with van der Waals surface area (Å²) in [4.78, 5) is 10.6. The molecule has 3 aliphatic carbocycles. The molecular weight excluding hydrogens is 776 g/mol. The highest BCUT2D eigenvalue weighted by atomic mass is 127. The number of nitrogens with one attached hydrogen (secondary N) is 1. The third-order valence-electron chi connectivity index (χ3n) is 10.3. The summed E-state index contributed by atoms with van der Waals surface area (Å²) in [5.74, 6) is 0.791. The number of benzene rings is 4. The Balaban J connectivity index is 0.00000112. The molecule has 5 aromatic rings. The fourth-order valence-corrected chi connectivity index (χ4v) is 11.1. The molecule has 5 aliphatic rings. The van der Waals surface area contributed by atoms with E-state index in [0.29, 0.717) is 17.1 Å². The monoisotopic (exact) mass is 812 g/mol. The van der Waals surface area contributed by atoms with Gasteiger partial charge in [-0.1, -0.05) is 96.7 Å². The molecule has 2 aliphatic heterocycles. The molecule has 4 atom stereocenters. The van der Waals surface area contributed by atoms with E-state index < -0.39 is 0 Å². The molecule has 4 aromatic carbocycles. The number of para-hydroxylation sites is 1. The van der Waals surface area contributed by atoms with Crippen LogP contribution in [0.2, 0.25) is 0 Å². The first-order chi connectivity index (χ1) is 25.1. The summed E-state index contributed by atoms with van der Waals surface area (Å²) in [5.41, 5.74) is 12.8. The Bertz CT molecular complexity index is 2330. The highest BCUT2D eigenvalue weighted by Crippen LogP contribution is 2.54. The SMILES string of the molecule is C=CC.IOC1C=C(N(C2=CC=C3Sc4ccccc4C3C2)c2ccccc2)c2[nH]c3ccc(-c4cccc5c4C4C=CC=CC4S5)cc3c2C1. The Kier molecular flexibility index (Phi) is 8.96. The highest BCUT2D eigenvalue weighted by Gasteiger charge is 2.36. The van der Waals surface area contributed by atoms with E-state index in [4.69, 9.17) is 3.07 Å². The molecule has 10 rings (SSSR count). The molecule has 1 N–H and O–H groups in total. The Morgan fingerprint density at radius 2 is 1.71 bits per heavy atom. The number of hydrogen-bond donors (Lipinski definition) is 1. The molecule has 3 nitrogen and oxygen atoms in total. The Labute approximate surface area is 322 Å². The van der Waals surface area contributed by atoms with Crippen LogP contribution in [0.15, 0.2) is 167 Å². The molecule has 0 radical (unpaired) electrons. The van der Waals surface area contributed by atoms with E-state index >= 15 is 0 Å². The molecule has 0 spiro atoms. The highest BCUT2D eigenvalue weighted by molar-refractivity contribution is 14.1. The van der Waals surface area contributed by atoms with Crippen molar-refractivity contribution in [2.45, 2.75) is 52.7 Å².